The van der Waals surface area contributed by atoms with E-state index >= 15 is 0 Å². The van der Waals surface area contributed by atoms with E-state index in [-0.39, 0.29) is 12.2 Å². The third-order valence-electron chi connectivity index (χ3n) is 2.26. The average Bonchev–Trinajstić information content (AvgIpc) is 2.39. The van der Waals surface area contributed by atoms with Gasteiger partial charge in [-0.25, -0.2) is 9.97 Å². The molecular weight excluding hydrogens is 298 g/mol. The SMILES string of the molecule is COc1cc(C(=O)Cc2cncc(Br)c2)ncn1. The van der Waals surface area contributed by atoms with Crippen LogP contribution in [0.2, 0.25) is 0 Å². The van der Waals surface area contributed by atoms with Crippen LogP contribution in [0.5, 0.6) is 5.88 Å². The van der Waals surface area contributed by atoms with Crippen LogP contribution in [0.25, 0.3) is 0 Å². The van der Waals surface area contributed by atoms with Crippen molar-refractivity contribution in [3.8, 4) is 5.88 Å². The van der Waals surface area contributed by atoms with Crippen molar-refractivity contribution in [2.75, 3.05) is 7.11 Å². The summed E-state index contributed by atoms with van der Waals surface area (Å²) >= 11 is 3.31. The number of methoxy groups -OCH3 is 1. The molecule has 0 aliphatic carbocycles. The molecule has 0 atom stereocenters. The van der Waals surface area contributed by atoms with E-state index in [0.29, 0.717) is 11.6 Å². The maximum absolute atomic E-state index is 12.0. The summed E-state index contributed by atoms with van der Waals surface area (Å²) in [4.78, 5) is 23.8. The predicted octanol–water partition coefficient (Wildman–Crippen LogP) is 2.07. The molecule has 0 unspecified atom stereocenters. The summed E-state index contributed by atoms with van der Waals surface area (Å²) in [6.07, 6.45) is 4.88. The Kier molecular flexibility index (Phi) is 3.99. The fraction of sp³-hybridized carbons (Fsp3) is 0.167. The Labute approximate surface area is 112 Å². The number of carbonyl (C=O) groups excluding carboxylic acids is 1. The molecule has 0 saturated heterocycles. The molecule has 0 amide bonds. The lowest BCUT2D eigenvalue weighted by molar-refractivity contribution is 0.0987. The molecule has 2 aromatic heterocycles. The van der Waals surface area contributed by atoms with Gasteiger partial charge in [0.1, 0.15) is 12.0 Å². The van der Waals surface area contributed by atoms with Crippen LogP contribution >= 0.6 is 15.9 Å². The lowest BCUT2D eigenvalue weighted by atomic mass is 10.1. The topological polar surface area (TPSA) is 65.0 Å². The van der Waals surface area contributed by atoms with E-state index in [9.17, 15) is 4.79 Å². The number of pyridine rings is 1. The second-order valence-corrected chi connectivity index (χ2v) is 4.47. The highest BCUT2D eigenvalue weighted by Gasteiger charge is 2.10. The third kappa shape index (κ3) is 3.10. The second kappa shape index (κ2) is 5.68. The van der Waals surface area contributed by atoms with Crippen LogP contribution < -0.4 is 4.74 Å². The highest BCUT2D eigenvalue weighted by Crippen LogP contribution is 2.13. The number of halogens is 1. The zero-order chi connectivity index (χ0) is 13.0. The van der Waals surface area contributed by atoms with Crippen molar-refractivity contribution in [1.29, 1.82) is 0 Å². The molecule has 2 heterocycles. The zero-order valence-corrected chi connectivity index (χ0v) is 11.2. The highest BCUT2D eigenvalue weighted by atomic mass is 79.9. The first-order valence-corrected chi connectivity index (χ1v) is 5.97. The van der Waals surface area contributed by atoms with E-state index in [2.05, 4.69) is 30.9 Å². The van der Waals surface area contributed by atoms with Crippen molar-refractivity contribution < 1.29 is 9.53 Å². The molecule has 0 aliphatic heterocycles. The summed E-state index contributed by atoms with van der Waals surface area (Å²) in [5.74, 6) is 0.274. The molecule has 5 nitrogen and oxygen atoms in total. The fourth-order valence-corrected chi connectivity index (χ4v) is 1.84. The van der Waals surface area contributed by atoms with Gasteiger partial charge < -0.3 is 4.74 Å². The van der Waals surface area contributed by atoms with Crippen molar-refractivity contribution in [2.45, 2.75) is 6.42 Å². The van der Waals surface area contributed by atoms with Crippen molar-refractivity contribution in [3.63, 3.8) is 0 Å². The van der Waals surface area contributed by atoms with Crippen molar-refractivity contribution in [3.05, 3.63) is 46.6 Å². The summed E-state index contributed by atoms with van der Waals surface area (Å²) in [5.41, 5.74) is 1.16. The zero-order valence-electron chi connectivity index (χ0n) is 9.63. The molecule has 2 aromatic rings. The standard InChI is InChI=1S/C12H10BrN3O2/c1-18-12-4-10(15-7-16-12)11(17)3-8-2-9(13)6-14-5-8/h2,4-7H,3H2,1H3. The molecule has 2 rings (SSSR count). The van der Waals surface area contributed by atoms with E-state index in [0.717, 1.165) is 10.0 Å². The smallest absolute Gasteiger partial charge is 0.216 e. The molecule has 0 N–H and O–H groups in total. The van der Waals surface area contributed by atoms with Crippen LogP contribution in [0.15, 0.2) is 35.3 Å². The first kappa shape index (κ1) is 12.6. The maximum atomic E-state index is 12.0. The van der Waals surface area contributed by atoms with E-state index < -0.39 is 0 Å². The van der Waals surface area contributed by atoms with Crippen LogP contribution in [0.1, 0.15) is 16.1 Å². The number of nitrogens with zero attached hydrogens (tertiary/aromatic N) is 3. The van der Waals surface area contributed by atoms with Gasteiger partial charge in [0.15, 0.2) is 5.78 Å². The average molecular weight is 308 g/mol. The number of ketones is 1. The van der Waals surface area contributed by atoms with Crippen molar-refractivity contribution in [1.82, 2.24) is 15.0 Å². The molecule has 0 spiro atoms. The molecular formula is C12H10BrN3O2. The van der Waals surface area contributed by atoms with E-state index in [4.69, 9.17) is 4.74 Å². The Bertz CT molecular complexity index is 575. The van der Waals surface area contributed by atoms with Crippen LogP contribution in [0.3, 0.4) is 0 Å². The van der Waals surface area contributed by atoms with Gasteiger partial charge in [-0.1, -0.05) is 0 Å². The van der Waals surface area contributed by atoms with Crippen LogP contribution in [-0.2, 0) is 6.42 Å². The number of aromatic nitrogens is 3. The van der Waals surface area contributed by atoms with Gasteiger partial charge in [-0.05, 0) is 27.6 Å². The van der Waals surface area contributed by atoms with Gasteiger partial charge >= 0.3 is 0 Å². The van der Waals surface area contributed by atoms with Gasteiger partial charge in [-0.3, -0.25) is 9.78 Å². The van der Waals surface area contributed by atoms with Crippen molar-refractivity contribution in [2.24, 2.45) is 0 Å². The van der Waals surface area contributed by atoms with Gasteiger partial charge in [0, 0.05) is 29.4 Å². The van der Waals surface area contributed by atoms with Crippen molar-refractivity contribution >= 4 is 21.7 Å². The van der Waals surface area contributed by atoms with E-state index in [1.807, 2.05) is 6.07 Å². The molecule has 0 radical (unpaired) electrons. The Morgan fingerprint density at radius 1 is 1.33 bits per heavy atom. The Morgan fingerprint density at radius 2 is 2.17 bits per heavy atom. The van der Waals surface area contributed by atoms with Crippen LogP contribution in [-0.4, -0.2) is 27.8 Å². The summed E-state index contributed by atoms with van der Waals surface area (Å²) in [6.45, 7) is 0. The summed E-state index contributed by atoms with van der Waals surface area (Å²) in [7, 11) is 1.49. The number of carbonyl (C=O) groups is 1. The number of ether oxygens (including phenoxy) is 1. The molecule has 0 fully saturated rings. The van der Waals surface area contributed by atoms with Gasteiger partial charge in [-0.2, -0.15) is 0 Å². The highest BCUT2D eigenvalue weighted by molar-refractivity contribution is 9.10. The largest absolute Gasteiger partial charge is 0.481 e. The first-order chi connectivity index (χ1) is 8.69. The minimum Gasteiger partial charge on any atom is -0.481 e. The minimum atomic E-state index is -0.101. The Balaban J connectivity index is 2.16. The van der Waals surface area contributed by atoms with Crippen LogP contribution in [0.4, 0.5) is 0 Å². The first-order valence-electron chi connectivity index (χ1n) is 5.17. The van der Waals surface area contributed by atoms with Gasteiger partial charge in [0.25, 0.3) is 0 Å². The molecule has 92 valence electrons. The molecule has 0 saturated carbocycles. The number of Topliss-reactive ketones (excluding diaryl/α,β-unsaturated/α-hetero) is 1. The summed E-state index contributed by atoms with van der Waals surface area (Å²) in [5, 5.41) is 0. The monoisotopic (exact) mass is 307 g/mol. The van der Waals surface area contributed by atoms with Crippen LogP contribution in [0, 0.1) is 0 Å². The molecule has 0 bridgehead atoms. The van der Waals surface area contributed by atoms with Gasteiger partial charge in [0.05, 0.1) is 7.11 Å². The predicted molar refractivity (Wildman–Crippen MR) is 68.6 cm³/mol. The lowest BCUT2D eigenvalue weighted by Gasteiger charge is -2.02. The molecule has 0 aliphatic rings. The Hall–Kier alpha value is -1.82. The molecule has 6 heteroatoms. The Morgan fingerprint density at radius 3 is 2.89 bits per heavy atom. The lowest BCUT2D eigenvalue weighted by Crippen LogP contribution is -2.07. The quantitative estimate of drug-likeness (QED) is 0.809. The number of hydrogen-bond acceptors (Lipinski definition) is 5. The van der Waals surface area contributed by atoms with Gasteiger partial charge in [0.2, 0.25) is 5.88 Å². The molecule has 18 heavy (non-hydrogen) atoms. The second-order valence-electron chi connectivity index (χ2n) is 3.56. The summed E-state index contributed by atoms with van der Waals surface area (Å²) < 4.78 is 5.79. The minimum absolute atomic E-state index is 0.101. The normalized spacial score (nSPS) is 10.1. The van der Waals surface area contributed by atoms with E-state index in [1.165, 1.54) is 19.5 Å². The molecule has 0 aromatic carbocycles. The summed E-state index contributed by atoms with van der Waals surface area (Å²) in [6, 6.07) is 3.37. The number of rotatable bonds is 4. The maximum Gasteiger partial charge on any atom is 0.216 e. The third-order valence-corrected chi connectivity index (χ3v) is 2.70. The fourth-order valence-electron chi connectivity index (χ4n) is 1.43. The van der Waals surface area contributed by atoms with Gasteiger partial charge in [-0.15, -0.1) is 0 Å². The van der Waals surface area contributed by atoms with E-state index in [1.54, 1.807) is 12.4 Å². The number of hydrogen-bond donors (Lipinski definition) is 0.